The molecule has 1 fully saturated rings. The molecular weight excluding hydrogens is 485 g/mol. The van der Waals surface area contributed by atoms with Crippen LogP contribution in [0.2, 0.25) is 0 Å². The minimum Gasteiger partial charge on any atom is -0.378 e. The van der Waals surface area contributed by atoms with Crippen molar-refractivity contribution in [2.24, 2.45) is 7.05 Å². The van der Waals surface area contributed by atoms with Crippen LogP contribution in [0, 0.1) is 6.92 Å². The van der Waals surface area contributed by atoms with Gasteiger partial charge in [0, 0.05) is 58.3 Å². The number of hydrogen-bond acceptors (Lipinski definition) is 7. The number of nitrogens with one attached hydrogen (secondary N) is 1. The minimum atomic E-state index is -4.62. The molecule has 0 aliphatic carbocycles. The monoisotopic (exact) mass is 516 g/mol. The van der Waals surface area contributed by atoms with E-state index in [1.807, 2.05) is 25.1 Å². The second-order valence-corrected chi connectivity index (χ2v) is 9.22. The lowest BCUT2D eigenvalue weighted by Gasteiger charge is -2.23. The van der Waals surface area contributed by atoms with Crippen LogP contribution in [0.4, 0.5) is 30.4 Å². The molecule has 2 atom stereocenters. The van der Waals surface area contributed by atoms with Crippen LogP contribution >= 0.6 is 0 Å². The van der Waals surface area contributed by atoms with Crippen LogP contribution in [-0.2, 0) is 18.0 Å². The summed E-state index contributed by atoms with van der Waals surface area (Å²) in [6, 6.07) is 9.42. The molecule has 1 unspecified atom stereocenters. The molecule has 1 N–H and O–H groups in total. The van der Waals surface area contributed by atoms with Crippen molar-refractivity contribution in [3.05, 3.63) is 64.2 Å². The third-order valence-corrected chi connectivity index (χ3v) is 6.49. The Bertz CT molecular complexity index is 1310. The molecule has 0 spiro atoms. The largest absolute Gasteiger partial charge is 0.417 e. The molecule has 0 saturated carbocycles. The Labute approximate surface area is 213 Å². The molecule has 2 aromatic heterocycles. The Hall–Kier alpha value is -3.60. The van der Waals surface area contributed by atoms with E-state index in [0.29, 0.717) is 31.1 Å². The van der Waals surface area contributed by atoms with E-state index in [0.717, 1.165) is 16.5 Å². The average Bonchev–Trinajstić information content (AvgIpc) is 3.26. The van der Waals surface area contributed by atoms with Gasteiger partial charge < -0.3 is 19.9 Å². The van der Waals surface area contributed by atoms with Crippen LogP contribution in [0.5, 0.6) is 0 Å². The lowest BCUT2D eigenvalue weighted by molar-refractivity contribution is -0.137. The second kappa shape index (κ2) is 10.4. The molecular formula is C26H31F3N6O2. The smallest absolute Gasteiger partial charge is 0.378 e. The first kappa shape index (κ1) is 26.5. The Morgan fingerprint density at radius 1 is 1.19 bits per heavy atom. The van der Waals surface area contributed by atoms with Crippen molar-refractivity contribution in [2.45, 2.75) is 32.2 Å². The highest BCUT2D eigenvalue weighted by atomic mass is 19.4. The van der Waals surface area contributed by atoms with E-state index in [1.54, 1.807) is 38.2 Å². The van der Waals surface area contributed by atoms with Gasteiger partial charge in [0.15, 0.2) is 0 Å². The molecule has 1 saturated heterocycles. The Balaban J connectivity index is 1.70. The molecule has 1 aliphatic heterocycles. The molecule has 0 amide bonds. The highest BCUT2D eigenvalue weighted by molar-refractivity contribution is 5.68. The van der Waals surface area contributed by atoms with E-state index in [4.69, 9.17) is 4.74 Å². The fraction of sp³-hybridized carbons (Fsp3) is 0.423. The van der Waals surface area contributed by atoms with Gasteiger partial charge in [0.25, 0.3) is 5.56 Å². The lowest BCUT2D eigenvalue weighted by atomic mass is 10.0. The maximum Gasteiger partial charge on any atom is 0.417 e. The zero-order valence-electron chi connectivity index (χ0n) is 21.5. The molecule has 0 radical (unpaired) electrons. The summed E-state index contributed by atoms with van der Waals surface area (Å²) in [7, 11) is 4.77. The van der Waals surface area contributed by atoms with Crippen molar-refractivity contribution in [3.8, 4) is 11.4 Å². The summed E-state index contributed by atoms with van der Waals surface area (Å²) in [6.45, 7) is 5.14. The van der Waals surface area contributed by atoms with Gasteiger partial charge in [-0.3, -0.25) is 9.36 Å². The van der Waals surface area contributed by atoms with Gasteiger partial charge in [-0.1, -0.05) is 6.07 Å². The minimum absolute atomic E-state index is 0.0476. The van der Waals surface area contributed by atoms with E-state index >= 15 is 0 Å². The number of pyridine rings is 1. The molecule has 3 aromatic rings. The molecule has 11 heteroatoms. The number of hydrogen-bond donors (Lipinski definition) is 1. The molecule has 37 heavy (non-hydrogen) atoms. The maximum absolute atomic E-state index is 14.0. The summed E-state index contributed by atoms with van der Waals surface area (Å²) in [5.41, 5.74) is -0.506. The summed E-state index contributed by atoms with van der Waals surface area (Å²) in [5, 5.41) is 3.28. The van der Waals surface area contributed by atoms with Crippen LogP contribution in [-0.4, -0.2) is 60.5 Å². The fourth-order valence-corrected chi connectivity index (χ4v) is 4.56. The number of rotatable bonds is 7. The van der Waals surface area contributed by atoms with E-state index < -0.39 is 17.3 Å². The highest BCUT2D eigenvalue weighted by Crippen LogP contribution is 2.38. The molecule has 4 rings (SSSR count). The van der Waals surface area contributed by atoms with Crippen molar-refractivity contribution in [1.82, 2.24) is 14.5 Å². The second-order valence-electron chi connectivity index (χ2n) is 9.22. The third-order valence-electron chi connectivity index (χ3n) is 6.49. The standard InChI is InChI=1S/C26H31F3N6O2/c1-6-37-21-15-35(22-9-7-8-12-30-22)14-20(21)32-23-16(2)31-24(34(5)25(23)36)18-11-10-17(33(3)4)13-19(18)26(27,28)29/h7-13,20-21,32H,6,14-15H2,1-5H3/t20?,21-/m0/s1. The summed E-state index contributed by atoms with van der Waals surface area (Å²) in [4.78, 5) is 26.0. The van der Waals surface area contributed by atoms with Crippen molar-refractivity contribution >= 4 is 17.2 Å². The summed E-state index contributed by atoms with van der Waals surface area (Å²) in [6.07, 6.45) is -3.12. The first-order chi connectivity index (χ1) is 17.5. The zero-order valence-corrected chi connectivity index (χ0v) is 21.5. The number of aromatic nitrogens is 3. The maximum atomic E-state index is 14.0. The Kier molecular flexibility index (Phi) is 7.44. The quantitative estimate of drug-likeness (QED) is 0.510. The number of nitrogens with zero attached hydrogens (tertiary/aromatic N) is 5. The van der Waals surface area contributed by atoms with Crippen LogP contribution in [0.25, 0.3) is 11.4 Å². The van der Waals surface area contributed by atoms with Gasteiger partial charge in [0.05, 0.1) is 23.4 Å². The molecule has 0 bridgehead atoms. The predicted octanol–water partition coefficient (Wildman–Crippen LogP) is 3.94. The molecule has 3 heterocycles. The van der Waals surface area contributed by atoms with Gasteiger partial charge in [0.2, 0.25) is 0 Å². The van der Waals surface area contributed by atoms with Crippen LogP contribution in [0.15, 0.2) is 47.4 Å². The average molecular weight is 517 g/mol. The van der Waals surface area contributed by atoms with Crippen LogP contribution in [0.1, 0.15) is 18.2 Å². The fourth-order valence-electron chi connectivity index (χ4n) is 4.56. The topological polar surface area (TPSA) is 75.5 Å². The van der Waals surface area contributed by atoms with Crippen molar-refractivity contribution in [1.29, 1.82) is 0 Å². The number of aryl methyl sites for hydroxylation is 1. The van der Waals surface area contributed by atoms with E-state index in [-0.39, 0.29) is 29.2 Å². The number of alkyl halides is 3. The van der Waals surface area contributed by atoms with E-state index in [9.17, 15) is 18.0 Å². The first-order valence-corrected chi connectivity index (χ1v) is 12.0. The third kappa shape index (κ3) is 5.41. The SMILES string of the molecule is CCO[C@H]1CN(c2ccccn2)CC1Nc1c(C)nc(-c2ccc(N(C)C)cc2C(F)(F)F)n(C)c1=O. The molecule has 8 nitrogen and oxygen atoms in total. The molecule has 1 aromatic carbocycles. The van der Waals surface area contributed by atoms with Gasteiger partial charge in [-0.25, -0.2) is 9.97 Å². The van der Waals surface area contributed by atoms with Crippen molar-refractivity contribution in [3.63, 3.8) is 0 Å². The van der Waals surface area contributed by atoms with Crippen LogP contribution < -0.4 is 20.7 Å². The van der Waals surface area contributed by atoms with Gasteiger partial charge in [0.1, 0.15) is 17.3 Å². The van der Waals surface area contributed by atoms with Crippen molar-refractivity contribution < 1.29 is 17.9 Å². The predicted molar refractivity (Wildman–Crippen MR) is 138 cm³/mol. The van der Waals surface area contributed by atoms with E-state index in [2.05, 4.69) is 20.2 Å². The lowest BCUT2D eigenvalue weighted by Crippen LogP contribution is -2.38. The summed E-state index contributed by atoms with van der Waals surface area (Å²) >= 11 is 0. The highest BCUT2D eigenvalue weighted by Gasteiger charge is 2.37. The van der Waals surface area contributed by atoms with Gasteiger partial charge in [-0.05, 0) is 44.2 Å². The summed E-state index contributed by atoms with van der Waals surface area (Å²) in [5.74, 6) is 0.754. The summed E-state index contributed by atoms with van der Waals surface area (Å²) < 4.78 is 49.0. The Morgan fingerprint density at radius 3 is 2.57 bits per heavy atom. The number of halogens is 3. The zero-order chi connectivity index (χ0) is 26.9. The van der Waals surface area contributed by atoms with Gasteiger partial charge in [-0.2, -0.15) is 13.2 Å². The molecule has 198 valence electrons. The number of ether oxygens (including phenoxy) is 1. The number of anilines is 3. The van der Waals surface area contributed by atoms with Gasteiger partial charge in [-0.15, -0.1) is 0 Å². The Morgan fingerprint density at radius 2 is 1.95 bits per heavy atom. The number of benzene rings is 1. The van der Waals surface area contributed by atoms with Crippen molar-refractivity contribution in [2.75, 3.05) is 48.9 Å². The van der Waals surface area contributed by atoms with E-state index in [1.165, 1.54) is 13.1 Å². The first-order valence-electron chi connectivity index (χ1n) is 12.0. The van der Waals surface area contributed by atoms with Gasteiger partial charge >= 0.3 is 6.18 Å². The normalized spacial score (nSPS) is 17.8. The van der Waals surface area contributed by atoms with Crippen LogP contribution in [0.3, 0.4) is 0 Å². The molecule has 1 aliphatic rings.